The standard InChI is InChI=1S/C33H30N2O4/c1-3-23-10-12-25(13-11-23)30-29(32(37)33(38)35(30)20-24-8-6-18-34-19-24)31(36)26-14-16-28(17-15-26)39-21-27-9-5-4-7-22(27)2/h4-19,30,36H,3,20-21H2,1-2H3/b31-29+. The number of hydrogen-bond donors (Lipinski definition) is 1. The van der Waals surface area contributed by atoms with Crippen LogP contribution in [0.25, 0.3) is 5.76 Å². The minimum atomic E-state index is -0.729. The van der Waals surface area contributed by atoms with Gasteiger partial charge in [0, 0.05) is 24.5 Å². The molecule has 5 rings (SSSR count). The lowest BCUT2D eigenvalue weighted by Crippen LogP contribution is -2.29. The van der Waals surface area contributed by atoms with E-state index in [1.807, 2.05) is 61.5 Å². The molecule has 1 amide bonds. The average Bonchev–Trinajstić information content (AvgIpc) is 3.22. The topological polar surface area (TPSA) is 79.7 Å². The van der Waals surface area contributed by atoms with Crippen molar-refractivity contribution in [3.63, 3.8) is 0 Å². The van der Waals surface area contributed by atoms with Gasteiger partial charge in [0.1, 0.15) is 18.1 Å². The molecule has 3 aromatic carbocycles. The lowest BCUT2D eigenvalue weighted by atomic mass is 9.94. The molecule has 0 saturated carbocycles. The number of aromatic nitrogens is 1. The molecule has 196 valence electrons. The van der Waals surface area contributed by atoms with Gasteiger partial charge < -0.3 is 14.7 Å². The van der Waals surface area contributed by atoms with Gasteiger partial charge in [-0.25, -0.2) is 0 Å². The number of aryl methyl sites for hydroxylation is 2. The van der Waals surface area contributed by atoms with Crippen molar-refractivity contribution in [2.45, 2.75) is 39.5 Å². The van der Waals surface area contributed by atoms with Gasteiger partial charge in [-0.15, -0.1) is 0 Å². The molecule has 1 aliphatic heterocycles. The summed E-state index contributed by atoms with van der Waals surface area (Å²) in [4.78, 5) is 32.2. The van der Waals surface area contributed by atoms with Crippen molar-refractivity contribution in [2.24, 2.45) is 0 Å². The maximum Gasteiger partial charge on any atom is 0.295 e. The first-order chi connectivity index (χ1) is 19.0. The van der Waals surface area contributed by atoms with E-state index in [9.17, 15) is 14.7 Å². The number of Topliss-reactive ketones (excluding diaryl/α,β-unsaturated/α-hetero) is 1. The highest BCUT2D eigenvalue weighted by molar-refractivity contribution is 6.46. The molecule has 39 heavy (non-hydrogen) atoms. The Morgan fingerprint density at radius 1 is 0.923 bits per heavy atom. The van der Waals surface area contributed by atoms with Crippen LogP contribution in [0, 0.1) is 6.92 Å². The van der Waals surface area contributed by atoms with Crippen LogP contribution >= 0.6 is 0 Å². The molecular formula is C33H30N2O4. The van der Waals surface area contributed by atoms with Crippen molar-refractivity contribution >= 4 is 17.4 Å². The summed E-state index contributed by atoms with van der Waals surface area (Å²) in [5, 5.41) is 11.4. The monoisotopic (exact) mass is 518 g/mol. The van der Waals surface area contributed by atoms with Crippen molar-refractivity contribution in [3.05, 3.63) is 136 Å². The van der Waals surface area contributed by atoms with E-state index in [4.69, 9.17) is 4.74 Å². The number of hydrogen-bond acceptors (Lipinski definition) is 5. The fraction of sp³-hybridized carbons (Fsp3) is 0.182. The Kier molecular flexibility index (Phi) is 7.55. The molecule has 0 spiro atoms. The zero-order valence-corrected chi connectivity index (χ0v) is 22.0. The van der Waals surface area contributed by atoms with Crippen molar-refractivity contribution in [2.75, 3.05) is 0 Å². The van der Waals surface area contributed by atoms with E-state index in [0.717, 1.165) is 34.2 Å². The molecule has 6 nitrogen and oxygen atoms in total. The second kappa shape index (κ2) is 11.4. The predicted octanol–water partition coefficient (Wildman–Crippen LogP) is 6.15. The molecule has 4 aromatic rings. The van der Waals surface area contributed by atoms with Crippen LogP contribution in [0.15, 0.2) is 103 Å². The summed E-state index contributed by atoms with van der Waals surface area (Å²) in [5.74, 6) is -0.931. The zero-order chi connectivity index (χ0) is 27.4. The minimum absolute atomic E-state index is 0.0710. The highest BCUT2D eigenvalue weighted by atomic mass is 16.5. The van der Waals surface area contributed by atoms with Crippen LogP contribution in [0.4, 0.5) is 0 Å². The van der Waals surface area contributed by atoms with Gasteiger partial charge in [-0.3, -0.25) is 14.6 Å². The largest absolute Gasteiger partial charge is 0.507 e. The molecule has 0 aliphatic carbocycles. The number of carbonyl (C=O) groups excluding carboxylic acids is 2. The summed E-state index contributed by atoms with van der Waals surface area (Å²) in [6.07, 6.45) is 4.20. The third-order valence-electron chi connectivity index (χ3n) is 7.10. The normalized spacial score (nSPS) is 16.5. The van der Waals surface area contributed by atoms with Crippen LogP contribution in [-0.2, 0) is 29.2 Å². The molecule has 1 aromatic heterocycles. The number of ether oxygens (including phenoxy) is 1. The van der Waals surface area contributed by atoms with Crippen molar-refractivity contribution in [1.29, 1.82) is 0 Å². The number of carbonyl (C=O) groups is 2. The molecule has 0 radical (unpaired) electrons. The molecule has 0 bridgehead atoms. The van der Waals surface area contributed by atoms with Gasteiger partial charge in [0.2, 0.25) is 0 Å². The summed E-state index contributed by atoms with van der Waals surface area (Å²) in [5.41, 5.74) is 5.44. The Bertz CT molecular complexity index is 1510. The maximum atomic E-state index is 13.3. The molecule has 1 atom stereocenters. The first-order valence-electron chi connectivity index (χ1n) is 13.0. The average molecular weight is 519 g/mol. The molecule has 1 unspecified atom stereocenters. The highest BCUT2D eigenvalue weighted by Crippen LogP contribution is 2.40. The SMILES string of the molecule is CCc1ccc(C2/C(=C(\O)c3ccc(OCc4ccccc4C)cc3)C(=O)C(=O)N2Cc2cccnc2)cc1. The van der Waals surface area contributed by atoms with Crippen molar-refractivity contribution < 1.29 is 19.4 Å². The van der Waals surface area contributed by atoms with E-state index in [0.29, 0.717) is 17.9 Å². The van der Waals surface area contributed by atoms with Crippen LogP contribution in [0.3, 0.4) is 0 Å². The Balaban J connectivity index is 1.48. The zero-order valence-electron chi connectivity index (χ0n) is 22.0. The van der Waals surface area contributed by atoms with Crippen LogP contribution in [0.2, 0.25) is 0 Å². The van der Waals surface area contributed by atoms with E-state index in [-0.39, 0.29) is 17.9 Å². The molecule has 1 fully saturated rings. The number of amides is 1. The van der Waals surface area contributed by atoms with Crippen LogP contribution in [-0.4, -0.2) is 26.7 Å². The van der Waals surface area contributed by atoms with Gasteiger partial charge in [0.25, 0.3) is 11.7 Å². The second-order valence-corrected chi connectivity index (χ2v) is 9.62. The molecule has 1 aliphatic rings. The summed E-state index contributed by atoms with van der Waals surface area (Å²) in [6.45, 7) is 4.72. The molecule has 1 saturated heterocycles. The van der Waals surface area contributed by atoms with Gasteiger partial charge in [-0.05, 0) is 71.5 Å². The second-order valence-electron chi connectivity index (χ2n) is 9.62. The van der Waals surface area contributed by atoms with Crippen LogP contribution in [0.1, 0.15) is 46.3 Å². The maximum absolute atomic E-state index is 13.3. The van der Waals surface area contributed by atoms with Crippen LogP contribution in [0.5, 0.6) is 5.75 Å². The van der Waals surface area contributed by atoms with Gasteiger partial charge >= 0.3 is 0 Å². The molecule has 6 heteroatoms. The van der Waals surface area contributed by atoms with Crippen LogP contribution < -0.4 is 4.74 Å². The number of aliphatic hydroxyl groups is 1. The first-order valence-corrected chi connectivity index (χ1v) is 13.0. The Morgan fingerprint density at radius 2 is 1.67 bits per heavy atom. The lowest BCUT2D eigenvalue weighted by molar-refractivity contribution is -0.140. The third kappa shape index (κ3) is 5.46. The summed E-state index contributed by atoms with van der Waals surface area (Å²) < 4.78 is 5.93. The molecule has 1 N–H and O–H groups in total. The smallest absolute Gasteiger partial charge is 0.295 e. The van der Waals surface area contributed by atoms with Gasteiger partial charge in [0.15, 0.2) is 0 Å². The Labute approximate surface area is 228 Å². The quantitative estimate of drug-likeness (QED) is 0.172. The number of nitrogens with zero attached hydrogens (tertiary/aromatic N) is 2. The number of ketones is 1. The lowest BCUT2D eigenvalue weighted by Gasteiger charge is -2.25. The van der Waals surface area contributed by atoms with Gasteiger partial charge in [-0.1, -0.05) is 61.5 Å². The first kappa shape index (κ1) is 25.9. The van der Waals surface area contributed by atoms with E-state index < -0.39 is 17.7 Å². The number of aliphatic hydroxyl groups excluding tert-OH is 1. The molecule has 2 heterocycles. The molecular weight excluding hydrogens is 488 g/mol. The van der Waals surface area contributed by atoms with Crippen molar-refractivity contribution in [1.82, 2.24) is 9.88 Å². The van der Waals surface area contributed by atoms with Crippen molar-refractivity contribution in [3.8, 4) is 5.75 Å². The van der Waals surface area contributed by atoms with E-state index in [1.165, 1.54) is 4.90 Å². The fourth-order valence-electron chi connectivity index (χ4n) is 4.81. The number of benzene rings is 3. The summed E-state index contributed by atoms with van der Waals surface area (Å²) in [6, 6.07) is 25.7. The van der Waals surface area contributed by atoms with Gasteiger partial charge in [-0.2, -0.15) is 0 Å². The third-order valence-corrected chi connectivity index (χ3v) is 7.10. The summed E-state index contributed by atoms with van der Waals surface area (Å²) in [7, 11) is 0. The Hall–Kier alpha value is -4.71. The minimum Gasteiger partial charge on any atom is -0.507 e. The van der Waals surface area contributed by atoms with E-state index >= 15 is 0 Å². The number of likely N-dealkylation sites (tertiary alicyclic amines) is 1. The summed E-state index contributed by atoms with van der Waals surface area (Å²) >= 11 is 0. The Morgan fingerprint density at radius 3 is 2.33 bits per heavy atom. The highest BCUT2D eigenvalue weighted by Gasteiger charge is 2.46. The number of rotatable bonds is 8. The number of pyridine rings is 1. The predicted molar refractivity (Wildman–Crippen MR) is 150 cm³/mol. The van der Waals surface area contributed by atoms with E-state index in [2.05, 4.69) is 11.9 Å². The van der Waals surface area contributed by atoms with E-state index in [1.54, 1.807) is 42.7 Å². The van der Waals surface area contributed by atoms with Gasteiger partial charge in [0.05, 0.1) is 11.6 Å². The fourth-order valence-corrected chi connectivity index (χ4v) is 4.81.